The van der Waals surface area contributed by atoms with Crippen molar-refractivity contribution in [2.24, 2.45) is 0 Å². The van der Waals surface area contributed by atoms with E-state index in [-0.39, 0.29) is 18.0 Å². The molecular formula is C19H20O3. The van der Waals surface area contributed by atoms with Gasteiger partial charge in [0.05, 0.1) is 13.2 Å². The standard InChI is InChI=1S/C19H20O3/c20-18(16-10-5-2-6-11-16)14-17(15-8-3-1-4-9-15)19-21-12-7-13-22-19/h1-6,8-11,17,19H,7,12-14H2. The fourth-order valence-electron chi connectivity index (χ4n) is 2.75. The Kier molecular flexibility index (Phi) is 4.99. The number of hydrogen-bond acceptors (Lipinski definition) is 3. The molecular weight excluding hydrogens is 276 g/mol. The molecule has 1 unspecified atom stereocenters. The summed E-state index contributed by atoms with van der Waals surface area (Å²) in [4.78, 5) is 12.6. The Morgan fingerprint density at radius 2 is 1.55 bits per heavy atom. The van der Waals surface area contributed by atoms with Crippen molar-refractivity contribution in [1.29, 1.82) is 0 Å². The van der Waals surface area contributed by atoms with Crippen LogP contribution in [-0.4, -0.2) is 25.3 Å². The van der Waals surface area contributed by atoms with Gasteiger partial charge in [0, 0.05) is 17.9 Å². The monoisotopic (exact) mass is 296 g/mol. The first-order valence-electron chi connectivity index (χ1n) is 7.71. The molecule has 0 saturated carbocycles. The summed E-state index contributed by atoms with van der Waals surface area (Å²) in [6.45, 7) is 1.38. The maximum Gasteiger partial charge on any atom is 0.164 e. The molecule has 1 saturated heterocycles. The summed E-state index contributed by atoms with van der Waals surface area (Å²) < 4.78 is 11.5. The van der Waals surface area contributed by atoms with Crippen molar-refractivity contribution in [2.45, 2.75) is 25.0 Å². The lowest BCUT2D eigenvalue weighted by Crippen LogP contribution is -2.32. The molecule has 0 bridgehead atoms. The second-order valence-electron chi connectivity index (χ2n) is 5.47. The van der Waals surface area contributed by atoms with Crippen LogP contribution in [0.25, 0.3) is 0 Å². The van der Waals surface area contributed by atoms with E-state index in [4.69, 9.17) is 9.47 Å². The molecule has 0 N–H and O–H groups in total. The number of Topliss-reactive ketones (excluding diaryl/α,β-unsaturated/α-hetero) is 1. The summed E-state index contributed by atoms with van der Waals surface area (Å²) in [7, 11) is 0. The first kappa shape index (κ1) is 14.9. The molecule has 3 rings (SSSR count). The minimum atomic E-state index is -0.344. The van der Waals surface area contributed by atoms with Crippen LogP contribution in [-0.2, 0) is 9.47 Å². The van der Waals surface area contributed by atoms with Crippen molar-refractivity contribution in [2.75, 3.05) is 13.2 Å². The molecule has 0 aromatic heterocycles. The first-order valence-corrected chi connectivity index (χ1v) is 7.71. The number of carbonyl (C=O) groups is 1. The van der Waals surface area contributed by atoms with Crippen LogP contribution in [0.2, 0.25) is 0 Å². The molecule has 22 heavy (non-hydrogen) atoms. The third-order valence-corrected chi connectivity index (χ3v) is 3.91. The van der Waals surface area contributed by atoms with Gasteiger partial charge in [0.1, 0.15) is 0 Å². The molecule has 1 aliphatic rings. The lowest BCUT2D eigenvalue weighted by molar-refractivity contribution is -0.189. The van der Waals surface area contributed by atoms with E-state index in [0.29, 0.717) is 19.6 Å². The topological polar surface area (TPSA) is 35.5 Å². The minimum Gasteiger partial charge on any atom is -0.352 e. The van der Waals surface area contributed by atoms with Crippen LogP contribution < -0.4 is 0 Å². The van der Waals surface area contributed by atoms with Crippen molar-refractivity contribution in [3.8, 4) is 0 Å². The highest BCUT2D eigenvalue weighted by atomic mass is 16.7. The quantitative estimate of drug-likeness (QED) is 0.787. The van der Waals surface area contributed by atoms with Gasteiger partial charge in [0.25, 0.3) is 0 Å². The Morgan fingerprint density at radius 3 is 2.18 bits per heavy atom. The lowest BCUT2D eigenvalue weighted by Gasteiger charge is -2.30. The van der Waals surface area contributed by atoms with E-state index in [9.17, 15) is 4.79 Å². The molecule has 1 heterocycles. The molecule has 3 heteroatoms. The van der Waals surface area contributed by atoms with Gasteiger partial charge in [0.2, 0.25) is 0 Å². The van der Waals surface area contributed by atoms with Crippen LogP contribution in [0.1, 0.15) is 34.7 Å². The molecule has 0 amide bonds. The van der Waals surface area contributed by atoms with Crippen LogP contribution in [0.3, 0.4) is 0 Å². The highest BCUT2D eigenvalue weighted by Gasteiger charge is 2.29. The van der Waals surface area contributed by atoms with Gasteiger partial charge in [-0.1, -0.05) is 60.7 Å². The van der Waals surface area contributed by atoms with Gasteiger partial charge < -0.3 is 9.47 Å². The van der Waals surface area contributed by atoms with Gasteiger partial charge in [-0.15, -0.1) is 0 Å². The molecule has 1 aliphatic heterocycles. The predicted octanol–water partition coefficient (Wildman–Crippen LogP) is 3.81. The normalized spacial score (nSPS) is 17.1. The Morgan fingerprint density at radius 1 is 0.955 bits per heavy atom. The van der Waals surface area contributed by atoms with Crippen LogP contribution in [0.4, 0.5) is 0 Å². The van der Waals surface area contributed by atoms with Gasteiger partial charge in [-0.05, 0) is 12.0 Å². The molecule has 3 nitrogen and oxygen atoms in total. The van der Waals surface area contributed by atoms with Crippen LogP contribution in [0, 0.1) is 0 Å². The molecule has 0 radical (unpaired) electrons. The second-order valence-corrected chi connectivity index (χ2v) is 5.47. The van der Waals surface area contributed by atoms with E-state index in [0.717, 1.165) is 17.5 Å². The second kappa shape index (κ2) is 7.34. The number of hydrogen-bond donors (Lipinski definition) is 0. The van der Waals surface area contributed by atoms with Crippen LogP contribution in [0.15, 0.2) is 60.7 Å². The maximum absolute atomic E-state index is 12.6. The van der Waals surface area contributed by atoms with Crippen molar-refractivity contribution in [1.82, 2.24) is 0 Å². The molecule has 0 aliphatic carbocycles. The van der Waals surface area contributed by atoms with Crippen molar-refractivity contribution in [3.05, 3.63) is 71.8 Å². The summed E-state index contributed by atoms with van der Waals surface area (Å²) in [6, 6.07) is 19.4. The molecule has 2 aromatic rings. The van der Waals surface area contributed by atoms with Gasteiger partial charge in [-0.2, -0.15) is 0 Å². The number of ketones is 1. The van der Waals surface area contributed by atoms with Crippen LogP contribution in [0.5, 0.6) is 0 Å². The maximum atomic E-state index is 12.6. The van der Waals surface area contributed by atoms with Gasteiger partial charge >= 0.3 is 0 Å². The van der Waals surface area contributed by atoms with Gasteiger partial charge in [0.15, 0.2) is 12.1 Å². The van der Waals surface area contributed by atoms with Gasteiger partial charge in [-0.25, -0.2) is 0 Å². The zero-order valence-corrected chi connectivity index (χ0v) is 12.5. The van der Waals surface area contributed by atoms with E-state index in [1.165, 1.54) is 0 Å². The highest BCUT2D eigenvalue weighted by molar-refractivity contribution is 5.96. The summed E-state index contributed by atoms with van der Waals surface area (Å²) in [5.41, 5.74) is 1.82. The van der Waals surface area contributed by atoms with Crippen LogP contribution >= 0.6 is 0 Å². The van der Waals surface area contributed by atoms with E-state index >= 15 is 0 Å². The Bertz CT molecular complexity index is 589. The van der Waals surface area contributed by atoms with Crippen molar-refractivity contribution in [3.63, 3.8) is 0 Å². The largest absolute Gasteiger partial charge is 0.352 e. The molecule has 0 spiro atoms. The highest BCUT2D eigenvalue weighted by Crippen LogP contribution is 2.29. The smallest absolute Gasteiger partial charge is 0.164 e. The lowest BCUT2D eigenvalue weighted by atomic mass is 9.90. The zero-order valence-electron chi connectivity index (χ0n) is 12.5. The van der Waals surface area contributed by atoms with Crippen molar-refractivity contribution >= 4 is 5.78 Å². The Labute approximate surface area is 130 Å². The van der Waals surface area contributed by atoms with Gasteiger partial charge in [-0.3, -0.25) is 4.79 Å². The third kappa shape index (κ3) is 3.62. The summed E-state index contributed by atoms with van der Waals surface area (Å²) in [6.07, 6.45) is 0.951. The number of benzene rings is 2. The van der Waals surface area contributed by atoms with E-state index in [1.54, 1.807) is 0 Å². The summed E-state index contributed by atoms with van der Waals surface area (Å²) in [5, 5.41) is 0. The Balaban J connectivity index is 1.81. The average Bonchev–Trinajstić information content (AvgIpc) is 2.62. The minimum absolute atomic E-state index is 0.0748. The predicted molar refractivity (Wildman–Crippen MR) is 84.9 cm³/mol. The van der Waals surface area contributed by atoms with E-state index in [2.05, 4.69) is 0 Å². The summed E-state index contributed by atoms with van der Waals surface area (Å²) >= 11 is 0. The Hall–Kier alpha value is -1.97. The van der Waals surface area contributed by atoms with E-state index in [1.807, 2.05) is 60.7 Å². The average molecular weight is 296 g/mol. The first-order chi connectivity index (χ1) is 10.8. The fourth-order valence-corrected chi connectivity index (χ4v) is 2.75. The molecule has 114 valence electrons. The molecule has 1 atom stereocenters. The number of rotatable bonds is 5. The molecule has 1 fully saturated rings. The third-order valence-electron chi connectivity index (χ3n) is 3.91. The SMILES string of the molecule is O=C(CC(c1ccccc1)C1OCCCO1)c1ccccc1. The number of ether oxygens (including phenoxy) is 2. The van der Waals surface area contributed by atoms with Crippen molar-refractivity contribution < 1.29 is 14.3 Å². The molecule has 2 aromatic carbocycles. The van der Waals surface area contributed by atoms with E-state index < -0.39 is 0 Å². The summed E-state index contributed by atoms with van der Waals surface area (Å²) in [5.74, 6) is 0.0430. The zero-order chi connectivity index (χ0) is 15.2. The number of carbonyl (C=O) groups excluding carboxylic acids is 1. The fraction of sp³-hybridized carbons (Fsp3) is 0.316.